The topological polar surface area (TPSA) is 43.4 Å². The van der Waals surface area contributed by atoms with Crippen molar-refractivity contribution in [3.63, 3.8) is 0 Å². The molecule has 0 aliphatic carbocycles. The van der Waals surface area contributed by atoms with Crippen LogP contribution in [0.5, 0.6) is 0 Å². The van der Waals surface area contributed by atoms with E-state index in [0.29, 0.717) is 12.5 Å². The smallest absolute Gasteiger partial charge is 0.147 e. The first kappa shape index (κ1) is 13.7. The van der Waals surface area contributed by atoms with Crippen LogP contribution >= 0.6 is 0 Å². The van der Waals surface area contributed by atoms with Gasteiger partial charge in [0.1, 0.15) is 9.84 Å². The molecule has 1 saturated heterocycles. The van der Waals surface area contributed by atoms with Crippen molar-refractivity contribution in [3.8, 4) is 0 Å². The zero-order chi connectivity index (χ0) is 12.0. The maximum absolute atomic E-state index is 11.1. The molecule has 0 aromatic carbocycles. The van der Waals surface area contributed by atoms with Gasteiger partial charge in [-0.1, -0.05) is 6.08 Å². The van der Waals surface area contributed by atoms with E-state index in [4.69, 9.17) is 4.74 Å². The maximum Gasteiger partial charge on any atom is 0.147 e. The van der Waals surface area contributed by atoms with Crippen molar-refractivity contribution in [2.75, 3.05) is 18.6 Å². The molecule has 1 radical (unpaired) electrons. The van der Waals surface area contributed by atoms with Gasteiger partial charge < -0.3 is 4.74 Å². The zero-order valence-corrected chi connectivity index (χ0v) is 10.8. The van der Waals surface area contributed by atoms with Crippen LogP contribution in [-0.4, -0.2) is 33.1 Å². The minimum atomic E-state index is -2.87. The number of allylic oxidation sites excluding steroid dienone is 1. The number of hydrogen-bond acceptors (Lipinski definition) is 3. The van der Waals surface area contributed by atoms with Crippen LogP contribution in [0.4, 0.5) is 0 Å². The van der Waals surface area contributed by atoms with Gasteiger partial charge >= 0.3 is 0 Å². The van der Waals surface area contributed by atoms with Gasteiger partial charge in [0.15, 0.2) is 0 Å². The highest BCUT2D eigenvalue weighted by Gasteiger charge is 2.21. The number of sulfone groups is 1. The van der Waals surface area contributed by atoms with Crippen LogP contribution < -0.4 is 0 Å². The lowest BCUT2D eigenvalue weighted by atomic mass is 9.94. The molecule has 3 nitrogen and oxygen atoms in total. The van der Waals surface area contributed by atoms with Crippen LogP contribution in [0.3, 0.4) is 0 Å². The molecule has 1 heterocycles. The quantitative estimate of drug-likeness (QED) is 0.645. The lowest BCUT2D eigenvalue weighted by Crippen LogP contribution is -2.14. The Hall–Kier alpha value is -0.350. The van der Waals surface area contributed by atoms with E-state index in [1.807, 2.05) is 6.08 Å². The van der Waals surface area contributed by atoms with Gasteiger partial charge in [0.25, 0.3) is 0 Å². The second-order valence-electron chi connectivity index (χ2n) is 4.46. The average molecular weight is 245 g/mol. The molecular weight excluding hydrogens is 224 g/mol. The molecule has 93 valence electrons. The largest absolute Gasteiger partial charge is 0.378 e. The fourth-order valence-corrected chi connectivity index (χ4v) is 2.61. The molecule has 0 N–H and O–H groups in total. The average Bonchev–Trinajstić information content (AvgIpc) is 2.66. The third-order valence-electron chi connectivity index (χ3n) is 2.80. The van der Waals surface area contributed by atoms with Crippen LogP contribution in [0.1, 0.15) is 32.1 Å². The van der Waals surface area contributed by atoms with E-state index in [-0.39, 0.29) is 5.75 Å². The zero-order valence-electron chi connectivity index (χ0n) is 9.94. The van der Waals surface area contributed by atoms with Crippen molar-refractivity contribution in [2.45, 2.75) is 38.2 Å². The van der Waals surface area contributed by atoms with Crippen LogP contribution in [0.15, 0.2) is 12.7 Å². The Labute approximate surface area is 98.8 Å². The Morgan fingerprint density at radius 1 is 1.56 bits per heavy atom. The summed E-state index contributed by atoms with van der Waals surface area (Å²) in [7, 11) is -2.87. The Kier molecular flexibility index (Phi) is 5.49. The SMILES string of the molecule is C=CC[C](CCS(C)(=O)=O)CC1CCCO1. The number of ether oxygens (including phenoxy) is 1. The Bertz CT molecular complexity index is 302. The van der Waals surface area contributed by atoms with E-state index in [0.717, 1.165) is 32.3 Å². The molecule has 0 spiro atoms. The molecule has 1 rings (SSSR count). The summed E-state index contributed by atoms with van der Waals surface area (Å²) in [6.07, 6.45) is 7.98. The summed E-state index contributed by atoms with van der Waals surface area (Å²) < 4.78 is 27.8. The number of hydrogen-bond donors (Lipinski definition) is 0. The van der Waals surface area contributed by atoms with Crippen molar-refractivity contribution in [3.05, 3.63) is 18.6 Å². The normalized spacial score (nSPS) is 21.5. The first-order chi connectivity index (χ1) is 7.51. The molecule has 1 aliphatic heterocycles. The summed E-state index contributed by atoms with van der Waals surface area (Å²) in [5.41, 5.74) is 0. The van der Waals surface area contributed by atoms with Gasteiger partial charge in [0.2, 0.25) is 0 Å². The predicted octanol–water partition coefficient (Wildman–Crippen LogP) is 2.14. The summed E-state index contributed by atoms with van der Waals surface area (Å²) in [5, 5.41) is 0. The van der Waals surface area contributed by atoms with E-state index in [9.17, 15) is 8.42 Å². The maximum atomic E-state index is 11.1. The van der Waals surface area contributed by atoms with Gasteiger partial charge in [-0.15, -0.1) is 6.58 Å². The van der Waals surface area contributed by atoms with Gasteiger partial charge in [-0.2, -0.15) is 0 Å². The molecular formula is C12H21O3S. The van der Waals surface area contributed by atoms with Crippen LogP contribution in [0, 0.1) is 5.92 Å². The van der Waals surface area contributed by atoms with Crippen LogP contribution in [-0.2, 0) is 14.6 Å². The lowest BCUT2D eigenvalue weighted by Gasteiger charge is -2.17. The highest BCUT2D eigenvalue weighted by atomic mass is 32.2. The first-order valence-electron chi connectivity index (χ1n) is 5.75. The predicted molar refractivity (Wildman–Crippen MR) is 66.0 cm³/mol. The molecule has 16 heavy (non-hydrogen) atoms. The van der Waals surface area contributed by atoms with E-state index in [1.54, 1.807) is 0 Å². The van der Waals surface area contributed by atoms with Crippen LogP contribution in [0.25, 0.3) is 0 Å². The summed E-state index contributed by atoms with van der Waals surface area (Å²) in [6, 6.07) is 0. The van der Waals surface area contributed by atoms with Crippen molar-refractivity contribution < 1.29 is 13.2 Å². The van der Waals surface area contributed by atoms with E-state index in [2.05, 4.69) is 6.58 Å². The molecule has 0 aromatic rings. The highest BCUT2D eigenvalue weighted by Crippen LogP contribution is 2.26. The fraction of sp³-hybridized carbons (Fsp3) is 0.750. The third-order valence-corrected chi connectivity index (χ3v) is 3.75. The minimum Gasteiger partial charge on any atom is -0.378 e. The monoisotopic (exact) mass is 245 g/mol. The van der Waals surface area contributed by atoms with Crippen molar-refractivity contribution in [2.24, 2.45) is 0 Å². The molecule has 1 atom stereocenters. The number of rotatable bonds is 7. The summed E-state index contributed by atoms with van der Waals surface area (Å²) in [5.74, 6) is 1.48. The summed E-state index contributed by atoms with van der Waals surface area (Å²) in [6.45, 7) is 4.55. The second-order valence-corrected chi connectivity index (χ2v) is 6.72. The van der Waals surface area contributed by atoms with Crippen molar-refractivity contribution in [1.29, 1.82) is 0 Å². The molecule has 1 unspecified atom stereocenters. The van der Waals surface area contributed by atoms with Crippen LogP contribution in [0.2, 0.25) is 0 Å². The van der Waals surface area contributed by atoms with Gasteiger partial charge in [0.05, 0.1) is 11.9 Å². The molecule has 4 heteroatoms. The van der Waals surface area contributed by atoms with E-state index in [1.165, 1.54) is 12.2 Å². The Morgan fingerprint density at radius 2 is 2.31 bits per heavy atom. The van der Waals surface area contributed by atoms with Gasteiger partial charge in [-0.3, -0.25) is 0 Å². The standard InChI is InChI=1S/C12H21O3S/c1-3-5-11(7-9-16(2,13)14)10-12-6-4-8-15-12/h3,12H,1,4-10H2,2H3. The third kappa shape index (κ3) is 5.66. The highest BCUT2D eigenvalue weighted by molar-refractivity contribution is 7.90. The fourth-order valence-electron chi connectivity index (χ4n) is 1.95. The molecule has 0 amide bonds. The summed E-state index contributed by atoms with van der Waals surface area (Å²) in [4.78, 5) is 0. The Balaban J connectivity index is 2.36. The lowest BCUT2D eigenvalue weighted by molar-refractivity contribution is 0.106. The molecule has 1 fully saturated rings. The Morgan fingerprint density at radius 3 is 2.81 bits per heavy atom. The van der Waals surface area contributed by atoms with Gasteiger partial charge in [-0.05, 0) is 38.0 Å². The van der Waals surface area contributed by atoms with Crippen molar-refractivity contribution in [1.82, 2.24) is 0 Å². The van der Waals surface area contributed by atoms with Gasteiger partial charge in [0, 0.05) is 12.9 Å². The molecule has 0 aromatic heterocycles. The molecule has 0 bridgehead atoms. The van der Waals surface area contributed by atoms with Gasteiger partial charge in [-0.25, -0.2) is 8.42 Å². The summed E-state index contributed by atoms with van der Waals surface area (Å²) >= 11 is 0. The molecule has 1 aliphatic rings. The van der Waals surface area contributed by atoms with Crippen molar-refractivity contribution >= 4 is 9.84 Å². The first-order valence-corrected chi connectivity index (χ1v) is 7.81. The molecule has 0 saturated carbocycles. The van der Waals surface area contributed by atoms with E-state index < -0.39 is 9.84 Å². The van der Waals surface area contributed by atoms with E-state index >= 15 is 0 Å². The minimum absolute atomic E-state index is 0.239. The second kappa shape index (κ2) is 6.40.